The van der Waals surface area contributed by atoms with Gasteiger partial charge in [0.2, 0.25) is 5.89 Å². The number of pyridine rings is 1. The molecule has 0 saturated carbocycles. The fourth-order valence-electron chi connectivity index (χ4n) is 1.64. The highest BCUT2D eigenvalue weighted by Crippen LogP contribution is 2.29. The second-order valence-electron chi connectivity index (χ2n) is 4.00. The lowest BCUT2D eigenvalue weighted by Crippen LogP contribution is -1.81. The molecule has 0 bridgehead atoms. The summed E-state index contributed by atoms with van der Waals surface area (Å²) in [5.41, 5.74) is 1.85. The summed E-state index contributed by atoms with van der Waals surface area (Å²) in [4.78, 5) is 4.06. The maximum atomic E-state index is 6.10. The van der Waals surface area contributed by atoms with Crippen LogP contribution in [0.2, 0.25) is 5.02 Å². The fourth-order valence-corrected chi connectivity index (χ4v) is 2.55. The quantitative estimate of drug-likeness (QED) is 0.680. The molecular formula is C14H10ClN3OS. The number of benzene rings is 1. The van der Waals surface area contributed by atoms with Crippen LogP contribution in [-0.2, 0) is 5.75 Å². The van der Waals surface area contributed by atoms with Crippen LogP contribution >= 0.6 is 23.4 Å². The highest BCUT2D eigenvalue weighted by molar-refractivity contribution is 7.98. The van der Waals surface area contributed by atoms with Crippen LogP contribution in [0.25, 0.3) is 11.5 Å². The third-order valence-electron chi connectivity index (χ3n) is 2.60. The summed E-state index contributed by atoms with van der Waals surface area (Å²) in [5.74, 6) is 1.17. The lowest BCUT2D eigenvalue weighted by molar-refractivity contribution is 0.466. The van der Waals surface area contributed by atoms with Gasteiger partial charge in [-0.3, -0.25) is 4.98 Å². The molecule has 0 N–H and O–H groups in total. The molecule has 0 unspecified atom stereocenters. The van der Waals surface area contributed by atoms with Crippen molar-refractivity contribution in [2.75, 3.05) is 0 Å². The standard InChI is InChI=1S/C14H10ClN3OS/c15-12-6-2-1-5-11(12)13-17-18-14(19-13)20-9-10-4-3-7-16-8-10/h1-8H,9H2. The van der Waals surface area contributed by atoms with E-state index in [-0.39, 0.29) is 0 Å². The highest BCUT2D eigenvalue weighted by atomic mass is 35.5. The molecule has 0 saturated heterocycles. The van der Waals surface area contributed by atoms with Crippen molar-refractivity contribution in [2.24, 2.45) is 0 Å². The monoisotopic (exact) mass is 303 g/mol. The summed E-state index contributed by atoms with van der Waals surface area (Å²) < 4.78 is 5.61. The van der Waals surface area contributed by atoms with Crippen molar-refractivity contribution < 1.29 is 4.42 Å². The Hall–Kier alpha value is -1.85. The van der Waals surface area contributed by atoms with Crippen LogP contribution < -0.4 is 0 Å². The van der Waals surface area contributed by atoms with E-state index in [2.05, 4.69) is 15.2 Å². The first kappa shape index (κ1) is 13.1. The van der Waals surface area contributed by atoms with Gasteiger partial charge in [-0.15, -0.1) is 10.2 Å². The normalized spacial score (nSPS) is 10.7. The number of rotatable bonds is 4. The number of hydrogen-bond donors (Lipinski definition) is 0. The Bertz CT molecular complexity index is 702. The van der Waals surface area contributed by atoms with Gasteiger partial charge in [0.15, 0.2) is 0 Å². The lowest BCUT2D eigenvalue weighted by Gasteiger charge is -1.97. The van der Waals surface area contributed by atoms with Crippen molar-refractivity contribution in [3.8, 4) is 11.5 Å². The van der Waals surface area contributed by atoms with Gasteiger partial charge in [0.25, 0.3) is 5.22 Å². The Balaban J connectivity index is 1.73. The molecule has 2 aromatic heterocycles. The smallest absolute Gasteiger partial charge is 0.277 e. The molecule has 0 aliphatic carbocycles. The summed E-state index contributed by atoms with van der Waals surface area (Å²) in [5, 5.41) is 9.15. The molecule has 0 radical (unpaired) electrons. The Morgan fingerprint density at radius 2 is 2.00 bits per heavy atom. The topological polar surface area (TPSA) is 51.8 Å². The molecule has 6 heteroatoms. The number of hydrogen-bond acceptors (Lipinski definition) is 5. The lowest BCUT2D eigenvalue weighted by atomic mass is 10.2. The van der Waals surface area contributed by atoms with E-state index in [4.69, 9.17) is 16.0 Å². The molecule has 100 valence electrons. The summed E-state index contributed by atoms with van der Waals surface area (Å²) >= 11 is 7.57. The molecule has 4 nitrogen and oxygen atoms in total. The van der Waals surface area contributed by atoms with E-state index < -0.39 is 0 Å². The van der Waals surface area contributed by atoms with Gasteiger partial charge in [-0.05, 0) is 23.8 Å². The van der Waals surface area contributed by atoms with Gasteiger partial charge in [0, 0.05) is 18.1 Å². The van der Waals surface area contributed by atoms with Crippen LogP contribution in [0.4, 0.5) is 0 Å². The number of nitrogens with zero attached hydrogens (tertiary/aromatic N) is 3. The third-order valence-corrected chi connectivity index (χ3v) is 3.82. The Labute approximate surface area is 125 Å². The number of thioether (sulfide) groups is 1. The van der Waals surface area contributed by atoms with Gasteiger partial charge in [-0.2, -0.15) is 0 Å². The minimum atomic E-state index is 0.435. The van der Waals surface area contributed by atoms with Gasteiger partial charge in [0.05, 0.1) is 10.6 Å². The van der Waals surface area contributed by atoms with Crippen molar-refractivity contribution >= 4 is 23.4 Å². The fraction of sp³-hybridized carbons (Fsp3) is 0.0714. The number of halogens is 1. The molecule has 0 aliphatic heterocycles. The Morgan fingerprint density at radius 1 is 1.10 bits per heavy atom. The van der Waals surface area contributed by atoms with E-state index in [1.807, 2.05) is 36.5 Å². The average Bonchev–Trinajstić information content (AvgIpc) is 2.95. The molecule has 0 amide bonds. The van der Waals surface area contributed by atoms with Crippen LogP contribution in [-0.4, -0.2) is 15.2 Å². The molecule has 0 aliphatic rings. The minimum Gasteiger partial charge on any atom is -0.411 e. The van der Waals surface area contributed by atoms with Gasteiger partial charge in [0.1, 0.15) is 0 Å². The first-order valence-electron chi connectivity index (χ1n) is 5.93. The van der Waals surface area contributed by atoms with Crippen molar-refractivity contribution in [3.63, 3.8) is 0 Å². The molecular weight excluding hydrogens is 294 g/mol. The van der Waals surface area contributed by atoms with Crippen LogP contribution in [0.1, 0.15) is 5.56 Å². The maximum absolute atomic E-state index is 6.10. The summed E-state index contributed by atoms with van der Waals surface area (Å²) in [7, 11) is 0. The molecule has 2 heterocycles. The first-order valence-corrected chi connectivity index (χ1v) is 7.29. The predicted molar refractivity (Wildman–Crippen MR) is 78.5 cm³/mol. The van der Waals surface area contributed by atoms with Crippen molar-refractivity contribution in [3.05, 3.63) is 59.4 Å². The second-order valence-corrected chi connectivity index (χ2v) is 5.34. The second kappa shape index (κ2) is 6.07. The van der Waals surface area contributed by atoms with Crippen LogP contribution in [0, 0.1) is 0 Å². The number of aromatic nitrogens is 3. The Kier molecular flexibility index (Phi) is 3.99. The zero-order valence-corrected chi connectivity index (χ0v) is 11.9. The highest BCUT2D eigenvalue weighted by Gasteiger charge is 2.11. The average molecular weight is 304 g/mol. The van der Waals surface area contributed by atoms with Gasteiger partial charge >= 0.3 is 0 Å². The van der Waals surface area contributed by atoms with Gasteiger partial charge in [-0.25, -0.2) is 0 Å². The summed E-state index contributed by atoms with van der Waals surface area (Å²) in [6.45, 7) is 0. The summed E-state index contributed by atoms with van der Waals surface area (Å²) in [6, 6.07) is 11.3. The third kappa shape index (κ3) is 3.00. The zero-order valence-electron chi connectivity index (χ0n) is 10.4. The molecule has 0 fully saturated rings. The molecule has 1 aromatic carbocycles. The molecule has 3 rings (SSSR count). The van der Waals surface area contributed by atoms with Crippen LogP contribution in [0.5, 0.6) is 0 Å². The van der Waals surface area contributed by atoms with E-state index in [0.29, 0.717) is 16.1 Å². The zero-order chi connectivity index (χ0) is 13.8. The molecule has 20 heavy (non-hydrogen) atoms. The van der Waals surface area contributed by atoms with Gasteiger partial charge < -0.3 is 4.42 Å². The molecule has 0 spiro atoms. The van der Waals surface area contributed by atoms with E-state index >= 15 is 0 Å². The molecule has 0 atom stereocenters. The van der Waals surface area contributed by atoms with Crippen molar-refractivity contribution in [1.82, 2.24) is 15.2 Å². The largest absolute Gasteiger partial charge is 0.411 e. The van der Waals surface area contributed by atoms with Crippen molar-refractivity contribution in [1.29, 1.82) is 0 Å². The van der Waals surface area contributed by atoms with E-state index in [9.17, 15) is 0 Å². The van der Waals surface area contributed by atoms with E-state index in [1.54, 1.807) is 12.3 Å². The van der Waals surface area contributed by atoms with E-state index in [0.717, 1.165) is 16.9 Å². The van der Waals surface area contributed by atoms with E-state index in [1.165, 1.54) is 11.8 Å². The molecule has 3 aromatic rings. The maximum Gasteiger partial charge on any atom is 0.277 e. The predicted octanol–water partition coefficient (Wildman–Crippen LogP) is 4.08. The van der Waals surface area contributed by atoms with Crippen LogP contribution in [0.15, 0.2) is 58.4 Å². The van der Waals surface area contributed by atoms with Gasteiger partial charge in [-0.1, -0.05) is 41.6 Å². The van der Waals surface area contributed by atoms with Crippen molar-refractivity contribution in [2.45, 2.75) is 11.0 Å². The first-order chi connectivity index (χ1) is 9.83. The minimum absolute atomic E-state index is 0.435. The SMILES string of the molecule is Clc1ccccc1-c1nnc(SCc2cccnc2)o1. The Morgan fingerprint density at radius 3 is 2.80 bits per heavy atom. The summed E-state index contributed by atoms with van der Waals surface area (Å²) in [6.07, 6.45) is 3.56. The van der Waals surface area contributed by atoms with Crippen LogP contribution in [0.3, 0.4) is 0 Å².